The average molecular weight is 494 g/mol. The van der Waals surface area contributed by atoms with Crippen molar-refractivity contribution in [3.05, 3.63) is 53.6 Å². The smallest absolute Gasteiger partial charge is 0.321 e. The van der Waals surface area contributed by atoms with E-state index in [1.165, 1.54) is 14.0 Å². The number of carbonyl (C=O) groups is 3. The summed E-state index contributed by atoms with van der Waals surface area (Å²) in [5, 5.41) is 17.5. The maximum Gasteiger partial charge on any atom is 0.321 e. The van der Waals surface area contributed by atoms with E-state index in [1.54, 1.807) is 48.4 Å². The Bertz CT molecular complexity index is 1120. The van der Waals surface area contributed by atoms with E-state index in [0.717, 1.165) is 5.56 Å². The Hall–Kier alpha value is -4.26. The van der Waals surface area contributed by atoms with Crippen LogP contribution in [0.1, 0.15) is 30.9 Å². The first kappa shape index (κ1) is 26.3. The van der Waals surface area contributed by atoms with Crippen molar-refractivity contribution >= 4 is 23.5 Å². The first-order valence-electron chi connectivity index (χ1n) is 11.7. The molecule has 4 amide bonds. The van der Waals surface area contributed by atoms with Gasteiger partial charge in [-0.05, 0) is 48.7 Å². The minimum Gasteiger partial charge on any atom is -0.497 e. The van der Waals surface area contributed by atoms with Crippen LogP contribution in [-0.2, 0) is 16.0 Å². The van der Waals surface area contributed by atoms with Gasteiger partial charge in [0.1, 0.15) is 17.5 Å². The second-order valence-electron chi connectivity index (χ2n) is 8.52. The molecular weight excluding hydrogens is 462 g/mol. The number of likely N-dealkylation sites (tertiary alicyclic amines) is 1. The Morgan fingerprint density at radius 3 is 2.36 bits per heavy atom. The van der Waals surface area contributed by atoms with Gasteiger partial charge in [0, 0.05) is 44.2 Å². The standard InChI is InChI=1S/C26H31N5O5/c1-17(32)28-23(14-19-6-9-22(35-2)15-24(19)36-3)25(33)29-21-10-12-31(13-11-21)26(34)30-20-7-4-18(16-27)5-8-20/h4-9,15,21,23H,10-14H2,1-3H3,(H,28,32)(H,29,33)(H,30,34)/t23-/m1/s1. The molecule has 2 aromatic rings. The molecular formula is C26H31N5O5. The van der Waals surface area contributed by atoms with Crippen LogP contribution in [0.3, 0.4) is 0 Å². The molecule has 1 heterocycles. The van der Waals surface area contributed by atoms with E-state index in [4.69, 9.17) is 14.7 Å². The van der Waals surface area contributed by atoms with Crippen LogP contribution in [0.5, 0.6) is 11.5 Å². The lowest BCUT2D eigenvalue weighted by Gasteiger charge is -2.33. The van der Waals surface area contributed by atoms with E-state index in [0.29, 0.717) is 48.7 Å². The van der Waals surface area contributed by atoms with Crippen molar-refractivity contribution < 1.29 is 23.9 Å². The van der Waals surface area contributed by atoms with Crippen LogP contribution in [0.25, 0.3) is 0 Å². The van der Waals surface area contributed by atoms with Gasteiger partial charge in [0.05, 0.1) is 25.9 Å². The normalized spacial score (nSPS) is 14.2. The van der Waals surface area contributed by atoms with Gasteiger partial charge in [0.25, 0.3) is 0 Å². The molecule has 1 atom stereocenters. The van der Waals surface area contributed by atoms with E-state index < -0.39 is 6.04 Å². The first-order valence-corrected chi connectivity index (χ1v) is 11.7. The molecule has 1 saturated heterocycles. The Morgan fingerprint density at radius 2 is 1.78 bits per heavy atom. The molecule has 0 aliphatic carbocycles. The number of ether oxygens (including phenoxy) is 2. The van der Waals surface area contributed by atoms with E-state index in [1.807, 2.05) is 12.1 Å². The Balaban J connectivity index is 1.56. The van der Waals surface area contributed by atoms with Crippen molar-refractivity contribution in [3.8, 4) is 17.6 Å². The third kappa shape index (κ3) is 7.12. The van der Waals surface area contributed by atoms with Crippen molar-refractivity contribution in [2.24, 2.45) is 0 Å². The maximum atomic E-state index is 13.1. The van der Waals surface area contributed by atoms with E-state index in [-0.39, 0.29) is 30.3 Å². The van der Waals surface area contributed by atoms with E-state index in [9.17, 15) is 14.4 Å². The molecule has 1 aliphatic heterocycles. The lowest BCUT2D eigenvalue weighted by Crippen LogP contribution is -2.53. The van der Waals surface area contributed by atoms with Crippen LogP contribution in [0.15, 0.2) is 42.5 Å². The fraction of sp³-hybridized carbons (Fsp3) is 0.385. The molecule has 0 spiro atoms. The summed E-state index contributed by atoms with van der Waals surface area (Å²) in [6.45, 7) is 2.32. The highest BCUT2D eigenvalue weighted by molar-refractivity contribution is 5.89. The zero-order chi connectivity index (χ0) is 26.1. The van der Waals surface area contributed by atoms with Crippen molar-refractivity contribution in [1.29, 1.82) is 5.26 Å². The number of rotatable bonds is 8. The quantitative estimate of drug-likeness (QED) is 0.517. The highest BCUT2D eigenvalue weighted by Crippen LogP contribution is 2.26. The van der Waals surface area contributed by atoms with Gasteiger partial charge in [-0.3, -0.25) is 9.59 Å². The zero-order valence-electron chi connectivity index (χ0n) is 20.7. The molecule has 0 radical (unpaired) electrons. The minimum atomic E-state index is -0.775. The van der Waals surface area contributed by atoms with Crippen LogP contribution in [0.2, 0.25) is 0 Å². The average Bonchev–Trinajstić information content (AvgIpc) is 2.89. The molecule has 0 aromatic heterocycles. The number of methoxy groups -OCH3 is 2. The number of amides is 4. The van der Waals surface area contributed by atoms with E-state index >= 15 is 0 Å². The Morgan fingerprint density at radius 1 is 1.08 bits per heavy atom. The Kier molecular flexibility index (Phi) is 9.11. The predicted octanol–water partition coefficient (Wildman–Crippen LogP) is 2.44. The molecule has 10 nitrogen and oxygen atoms in total. The fourth-order valence-corrected chi connectivity index (χ4v) is 4.05. The molecule has 36 heavy (non-hydrogen) atoms. The summed E-state index contributed by atoms with van der Waals surface area (Å²) in [6.07, 6.45) is 1.43. The van der Waals surface area contributed by atoms with Gasteiger partial charge >= 0.3 is 6.03 Å². The third-order valence-electron chi connectivity index (χ3n) is 6.01. The van der Waals surface area contributed by atoms with Gasteiger partial charge in [-0.1, -0.05) is 6.07 Å². The largest absolute Gasteiger partial charge is 0.497 e. The number of hydrogen-bond acceptors (Lipinski definition) is 6. The summed E-state index contributed by atoms with van der Waals surface area (Å²) in [5.74, 6) is 0.602. The third-order valence-corrected chi connectivity index (χ3v) is 6.01. The number of nitriles is 1. The van der Waals surface area contributed by atoms with Crippen molar-refractivity contribution in [2.45, 2.75) is 38.3 Å². The van der Waals surface area contributed by atoms with Gasteiger partial charge in [-0.15, -0.1) is 0 Å². The fourth-order valence-electron chi connectivity index (χ4n) is 4.05. The molecule has 0 saturated carbocycles. The molecule has 0 unspecified atom stereocenters. The van der Waals surface area contributed by atoms with Crippen molar-refractivity contribution in [1.82, 2.24) is 15.5 Å². The SMILES string of the molecule is COc1ccc(C[C@@H](NC(C)=O)C(=O)NC2CCN(C(=O)Nc3ccc(C#N)cc3)CC2)c(OC)c1. The van der Waals surface area contributed by atoms with Gasteiger partial charge in [-0.25, -0.2) is 4.79 Å². The minimum absolute atomic E-state index is 0.120. The highest BCUT2D eigenvalue weighted by atomic mass is 16.5. The van der Waals surface area contributed by atoms with Gasteiger partial charge < -0.3 is 30.3 Å². The van der Waals surface area contributed by atoms with Crippen LogP contribution >= 0.6 is 0 Å². The Labute approximate surface area is 210 Å². The number of hydrogen-bond donors (Lipinski definition) is 3. The topological polar surface area (TPSA) is 133 Å². The predicted molar refractivity (Wildman–Crippen MR) is 134 cm³/mol. The number of nitrogens with one attached hydrogen (secondary N) is 3. The summed E-state index contributed by atoms with van der Waals surface area (Å²) >= 11 is 0. The van der Waals surface area contributed by atoms with Crippen molar-refractivity contribution in [3.63, 3.8) is 0 Å². The van der Waals surface area contributed by atoms with Crippen molar-refractivity contribution in [2.75, 3.05) is 32.6 Å². The molecule has 2 aromatic carbocycles. The monoisotopic (exact) mass is 493 g/mol. The van der Waals surface area contributed by atoms with Gasteiger partial charge in [-0.2, -0.15) is 5.26 Å². The number of benzene rings is 2. The molecule has 1 fully saturated rings. The molecule has 10 heteroatoms. The van der Waals surface area contributed by atoms with Crippen LogP contribution < -0.4 is 25.4 Å². The second kappa shape index (κ2) is 12.4. The van der Waals surface area contributed by atoms with Crippen LogP contribution in [-0.4, -0.2) is 62.1 Å². The number of nitrogens with zero attached hydrogens (tertiary/aromatic N) is 2. The number of urea groups is 1. The maximum absolute atomic E-state index is 13.1. The lowest BCUT2D eigenvalue weighted by molar-refractivity contribution is -0.128. The molecule has 3 N–H and O–H groups in total. The summed E-state index contributed by atoms with van der Waals surface area (Å²) in [4.78, 5) is 39.1. The number of anilines is 1. The molecule has 3 rings (SSSR count). The number of piperidine rings is 1. The van der Waals surface area contributed by atoms with Crippen LogP contribution in [0.4, 0.5) is 10.5 Å². The van der Waals surface area contributed by atoms with Gasteiger partial charge in [0.2, 0.25) is 11.8 Å². The summed E-state index contributed by atoms with van der Waals surface area (Å²) in [5.41, 5.74) is 1.90. The molecule has 190 valence electrons. The summed E-state index contributed by atoms with van der Waals surface area (Å²) in [7, 11) is 3.10. The zero-order valence-corrected chi connectivity index (χ0v) is 20.7. The summed E-state index contributed by atoms with van der Waals surface area (Å²) in [6, 6.07) is 12.9. The summed E-state index contributed by atoms with van der Waals surface area (Å²) < 4.78 is 10.7. The number of carbonyl (C=O) groups excluding carboxylic acids is 3. The van der Waals surface area contributed by atoms with Gasteiger partial charge in [0.15, 0.2) is 0 Å². The molecule has 0 bridgehead atoms. The lowest BCUT2D eigenvalue weighted by atomic mass is 10.0. The van der Waals surface area contributed by atoms with Crippen LogP contribution in [0, 0.1) is 11.3 Å². The van der Waals surface area contributed by atoms with E-state index in [2.05, 4.69) is 16.0 Å². The second-order valence-corrected chi connectivity index (χ2v) is 8.52. The molecule has 1 aliphatic rings. The first-order chi connectivity index (χ1) is 17.3. The highest BCUT2D eigenvalue weighted by Gasteiger charge is 2.28.